The van der Waals surface area contributed by atoms with Crippen LogP contribution >= 0.6 is 11.6 Å². The first kappa shape index (κ1) is 12.4. The summed E-state index contributed by atoms with van der Waals surface area (Å²) in [5.74, 6) is 0.147. The number of likely N-dealkylation sites (N-methyl/N-ethyl adjacent to an activating group) is 1. The van der Waals surface area contributed by atoms with Gasteiger partial charge in [-0.3, -0.25) is 9.69 Å². The molecule has 1 amide bonds. The van der Waals surface area contributed by atoms with Gasteiger partial charge in [-0.15, -0.1) is 0 Å². The summed E-state index contributed by atoms with van der Waals surface area (Å²) >= 11 is 5.96. The second-order valence-electron chi connectivity index (χ2n) is 4.29. The van der Waals surface area contributed by atoms with E-state index in [0.29, 0.717) is 0 Å². The molecule has 1 aliphatic rings. The molecule has 4 heteroatoms. The Balaban J connectivity index is 2.07. The average Bonchev–Trinajstić information content (AvgIpc) is 2.72. The summed E-state index contributed by atoms with van der Waals surface area (Å²) in [5, 5.41) is 3.62. The smallest absolute Gasteiger partial charge is 0.237 e. The van der Waals surface area contributed by atoms with E-state index in [0.717, 1.165) is 36.6 Å². The summed E-state index contributed by atoms with van der Waals surface area (Å²) in [7, 11) is 0. The first-order valence-electron chi connectivity index (χ1n) is 5.97. The van der Waals surface area contributed by atoms with Crippen LogP contribution in [-0.4, -0.2) is 29.9 Å². The fourth-order valence-electron chi connectivity index (χ4n) is 2.24. The van der Waals surface area contributed by atoms with Crippen LogP contribution in [0.5, 0.6) is 0 Å². The normalized spacial score (nSPS) is 19.7. The van der Waals surface area contributed by atoms with Gasteiger partial charge in [0.15, 0.2) is 0 Å². The highest BCUT2D eigenvalue weighted by Crippen LogP contribution is 2.16. The minimum absolute atomic E-state index is 0.0129. The van der Waals surface area contributed by atoms with Gasteiger partial charge in [0.2, 0.25) is 5.91 Å². The van der Waals surface area contributed by atoms with Crippen molar-refractivity contribution in [3.63, 3.8) is 0 Å². The molecule has 0 unspecified atom stereocenters. The van der Waals surface area contributed by atoms with E-state index in [9.17, 15) is 4.79 Å². The number of amides is 1. The molecule has 17 heavy (non-hydrogen) atoms. The maximum atomic E-state index is 11.7. The Morgan fingerprint density at radius 1 is 1.53 bits per heavy atom. The summed E-state index contributed by atoms with van der Waals surface area (Å²) in [6.07, 6.45) is 0.896. The Kier molecular flexibility index (Phi) is 4.02. The summed E-state index contributed by atoms with van der Waals surface area (Å²) in [5.41, 5.74) is 1.15. The van der Waals surface area contributed by atoms with E-state index >= 15 is 0 Å². The lowest BCUT2D eigenvalue weighted by Crippen LogP contribution is -2.40. The Morgan fingerprint density at radius 2 is 2.35 bits per heavy atom. The third-order valence-electron chi connectivity index (χ3n) is 3.14. The number of rotatable bonds is 4. The first-order valence-corrected chi connectivity index (χ1v) is 6.34. The predicted molar refractivity (Wildman–Crippen MR) is 69.0 cm³/mol. The molecule has 1 aliphatic heterocycles. The number of hydrogen-bond donors (Lipinski definition) is 1. The molecule has 0 saturated carbocycles. The SMILES string of the molecule is CCN(Cc1cccc(Cl)c1)[C@@H]1CCNC1=O. The van der Waals surface area contributed by atoms with Crippen LogP contribution in [0, 0.1) is 0 Å². The van der Waals surface area contributed by atoms with Crippen molar-refractivity contribution in [2.24, 2.45) is 0 Å². The Morgan fingerprint density at radius 3 is 2.94 bits per heavy atom. The molecule has 1 heterocycles. The number of carbonyl (C=O) groups excluding carboxylic acids is 1. The number of hydrogen-bond acceptors (Lipinski definition) is 2. The molecule has 0 radical (unpaired) electrons. The molecule has 2 rings (SSSR count). The molecular formula is C13H17ClN2O. The molecule has 3 nitrogen and oxygen atoms in total. The van der Waals surface area contributed by atoms with Crippen molar-refractivity contribution in [3.8, 4) is 0 Å². The van der Waals surface area contributed by atoms with Crippen LogP contribution in [-0.2, 0) is 11.3 Å². The van der Waals surface area contributed by atoms with Crippen molar-refractivity contribution in [2.75, 3.05) is 13.1 Å². The van der Waals surface area contributed by atoms with Crippen LogP contribution in [0.25, 0.3) is 0 Å². The maximum Gasteiger partial charge on any atom is 0.237 e. The third-order valence-corrected chi connectivity index (χ3v) is 3.38. The molecule has 1 atom stereocenters. The Labute approximate surface area is 107 Å². The van der Waals surface area contributed by atoms with Gasteiger partial charge < -0.3 is 5.32 Å². The van der Waals surface area contributed by atoms with E-state index in [-0.39, 0.29) is 11.9 Å². The molecule has 1 aromatic carbocycles. The molecule has 0 spiro atoms. The zero-order valence-corrected chi connectivity index (χ0v) is 10.7. The summed E-state index contributed by atoms with van der Waals surface area (Å²) in [4.78, 5) is 13.8. The van der Waals surface area contributed by atoms with Gasteiger partial charge in [0.25, 0.3) is 0 Å². The minimum atomic E-state index is 0.0129. The molecule has 0 bridgehead atoms. The van der Waals surface area contributed by atoms with Crippen molar-refractivity contribution >= 4 is 17.5 Å². The van der Waals surface area contributed by atoms with Crippen LogP contribution in [0.3, 0.4) is 0 Å². The summed E-state index contributed by atoms with van der Waals surface area (Å²) < 4.78 is 0. The van der Waals surface area contributed by atoms with Gasteiger partial charge in [0, 0.05) is 18.1 Å². The third kappa shape index (κ3) is 2.99. The van der Waals surface area contributed by atoms with Gasteiger partial charge in [0.05, 0.1) is 6.04 Å². The number of nitrogens with one attached hydrogen (secondary N) is 1. The van der Waals surface area contributed by atoms with E-state index < -0.39 is 0 Å². The zero-order chi connectivity index (χ0) is 12.3. The van der Waals surface area contributed by atoms with Gasteiger partial charge in [-0.05, 0) is 30.7 Å². The lowest BCUT2D eigenvalue weighted by Gasteiger charge is -2.25. The number of halogens is 1. The van der Waals surface area contributed by atoms with Crippen LogP contribution < -0.4 is 5.32 Å². The van der Waals surface area contributed by atoms with Crippen molar-refractivity contribution in [1.82, 2.24) is 10.2 Å². The minimum Gasteiger partial charge on any atom is -0.355 e. The number of benzene rings is 1. The summed E-state index contributed by atoms with van der Waals surface area (Å²) in [6, 6.07) is 7.82. The second-order valence-corrected chi connectivity index (χ2v) is 4.72. The quantitative estimate of drug-likeness (QED) is 0.890. The van der Waals surface area contributed by atoms with E-state index in [1.54, 1.807) is 0 Å². The van der Waals surface area contributed by atoms with E-state index in [2.05, 4.69) is 17.1 Å². The molecule has 92 valence electrons. The molecular weight excluding hydrogens is 236 g/mol. The average molecular weight is 253 g/mol. The van der Waals surface area contributed by atoms with Gasteiger partial charge in [-0.1, -0.05) is 30.7 Å². The molecule has 0 aliphatic carbocycles. The highest BCUT2D eigenvalue weighted by atomic mass is 35.5. The molecule has 1 fully saturated rings. The molecule has 1 saturated heterocycles. The maximum absolute atomic E-state index is 11.7. The molecule has 1 aromatic rings. The van der Waals surface area contributed by atoms with Crippen LogP contribution in [0.15, 0.2) is 24.3 Å². The van der Waals surface area contributed by atoms with Crippen molar-refractivity contribution < 1.29 is 4.79 Å². The topological polar surface area (TPSA) is 32.3 Å². The van der Waals surface area contributed by atoms with Gasteiger partial charge in [0.1, 0.15) is 0 Å². The monoisotopic (exact) mass is 252 g/mol. The lowest BCUT2D eigenvalue weighted by atomic mass is 10.1. The summed E-state index contributed by atoms with van der Waals surface area (Å²) in [6.45, 7) is 4.51. The fraction of sp³-hybridized carbons (Fsp3) is 0.462. The second kappa shape index (κ2) is 5.52. The number of nitrogens with zero attached hydrogens (tertiary/aromatic N) is 1. The van der Waals surface area contributed by atoms with Gasteiger partial charge in [-0.25, -0.2) is 0 Å². The molecule has 0 aromatic heterocycles. The van der Waals surface area contributed by atoms with E-state index in [4.69, 9.17) is 11.6 Å². The number of carbonyl (C=O) groups is 1. The zero-order valence-electron chi connectivity index (χ0n) is 9.95. The standard InChI is InChI=1S/C13H17ClN2O/c1-2-16(12-6-7-15-13(12)17)9-10-4-3-5-11(14)8-10/h3-5,8,12H,2,6-7,9H2,1H3,(H,15,17)/t12-/m1/s1. The highest BCUT2D eigenvalue weighted by Gasteiger charge is 2.29. The van der Waals surface area contributed by atoms with Crippen LogP contribution in [0.2, 0.25) is 5.02 Å². The van der Waals surface area contributed by atoms with Crippen molar-refractivity contribution in [3.05, 3.63) is 34.9 Å². The van der Waals surface area contributed by atoms with Crippen molar-refractivity contribution in [1.29, 1.82) is 0 Å². The van der Waals surface area contributed by atoms with Crippen molar-refractivity contribution in [2.45, 2.75) is 25.9 Å². The molecule has 1 N–H and O–H groups in total. The van der Waals surface area contributed by atoms with Gasteiger partial charge in [-0.2, -0.15) is 0 Å². The first-order chi connectivity index (χ1) is 8.20. The Bertz CT molecular complexity index is 408. The Hall–Kier alpha value is -1.06. The van der Waals surface area contributed by atoms with Gasteiger partial charge >= 0.3 is 0 Å². The van der Waals surface area contributed by atoms with Crippen LogP contribution in [0.1, 0.15) is 18.9 Å². The lowest BCUT2D eigenvalue weighted by molar-refractivity contribution is -0.123. The fourth-order valence-corrected chi connectivity index (χ4v) is 2.45. The predicted octanol–water partition coefficient (Wildman–Crippen LogP) is 2.05. The highest BCUT2D eigenvalue weighted by molar-refractivity contribution is 6.30. The van der Waals surface area contributed by atoms with E-state index in [1.807, 2.05) is 24.3 Å². The van der Waals surface area contributed by atoms with E-state index in [1.165, 1.54) is 0 Å². The largest absolute Gasteiger partial charge is 0.355 e. The van der Waals surface area contributed by atoms with Crippen LogP contribution in [0.4, 0.5) is 0 Å².